The third-order valence-electron chi connectivity index (χ3n) is 4.21. The van der Waals surface area contributed by atoms with Crippen LogP contribution in [0.1, 0.15) is 52.2 Å². The fourth-order valence-corrected chi connectivity index (χ4v) is 4.41. The Hall–Kier alpha value is -0.350. The summed E-state index contributed by atoms with van der Waals surface area (Å²) in [6.07, 6.45) is 6.37. The summed E-state index contributed by atoms with van der Waals surface area (Å²) in [6.45, 7) is 4.93. The third kappa shape index (κ3) is 3.60. The van der Waals surface area contributed by atoms with E-state index in [1.54, 1.807) is 11.3 Å². The highest BCUT2D eigenvalue weighted by atomic mass is 79.9. The molecule has 1 saturated carbocycles. The Bertz CT molecular complexity index is 429. The second-order valence-corrected chi connectivity index (χ2v) is 7.54. The Labute approximate surface area is 128 Å². The Balaban J connectivity index is 1.95. The lowest BCUT2D eigenvalue weighted by Crippen LogP contribution is -2.40. The fourth-order valence-electron chi connectivity index (χ4n) is 2.70. The molecule has 1 heterocycles. The first-order valence-electron chi connectivity index (χ1n) is 6.97. The average Bonchev–Trinajstić information content (AvgIpc) is 2.77. The van der Waals surface area contributed by atoms with E-state index < -0.39 is 0 Å². The molecule has 0 atom stereocenters. The minimum Gasteiger partial charge on any atom is -0.351 e. The van der Waals surface area contributed by atoms with E-state index in [4.69, 9.17) is 0 Å². The van der Waals surface area contributed by atoms with Crippen LogP contribution in [-0.4, -0.2) is 17.8 Å². The predicted molar refractivity (Wildman–Crippen MR) is 85.4 cm³/mol. The molecule has 1 fully saturated rings. The molecule has 0 unspecified atom stereocenters. The molecule has 1 N–H and O–H groups in total. The van der Waals surface area contributed by atoms with Crippen LogP contribution in [0.3, 0.4) is 0 Å². The van der Waals surface area contributed by atoms with E-state index in [1.165, 1.54) is 42.5 Å². The lowest BCUT2D eigenvalue weighted by Gasteiger charge is -2.35. The van der Waals surface area contributed by atoms with Crippen molar-refractivity contribution >= 4 is 33.2 Å². The van der Waals surface area contributed by atoms with E-state index in [-0.39, 0.29) is 11.3 Å². The molecule has 106 valence electrons. The number of aryl methyl sites for hydroxylation is 2. The number of rotatable bonds is 4. The van der Waals surface area contributed by atoms with Gasteiger partial charge in [-0.25, -0.2) is 0 Å². The molecule has 1 aromatic rings. The highest BCUT2D eigenvalue weighted by molar-refractivity contribution is 9.09. The molecule has 0 aliphatic heterocycles. The van der Waals surface area contributed by atoms with Crippen molar-refractivity contribution in [3.05, 3.63) is 21.4 Å². The van der Waals surface area contributed by atoms with E-state index in [2.05, 4.69) is 35.1 Å². The zero-order chi connectivity index (χ0) is 13.9. The number of alkyl halides is 1. The summed E-state index contributed by atoms with van der Waals surface area (Å²) in [6, 6.07) is 2.00. The summed E-state index contributed by atoms with van der Waals surface area (Å²) in [5, 5.41) is 4.13. The molecule has 4 heteroatoms. The van der Waals surface area contributed by atoms with Crippen LogP contribution < -0.4 is 5.32 Å². The molecule has 0 saturated heterocycles. The SMILES string of the molecule is Cc1cc(C(=O)NCC2(CBr)CCCCC2)sc1C. The van der Waals surface area contributed by atoms with Crippen molar-refractivity contribution in [3.8, 4) is 0 Å². The molecule has 0 bridgehead atoms. The van der Waals surface area contributed by atoms with Gasteiger partial charge in [0.1, 0.15) is 0 Å². The summed E-state index contributed by atoms with van der Waals surface area (Å²) in [7, 11) is 0. The van der Waals surface area contributed by atoms with Gasteiger partial charge in [-0.15, -0.1) is 11.3 Å². The number of carbonyl (C=O) groups is 1. The summed E-state index contributed by atoms with van der Waals surface area (Å²) >= 11 is 5.23. The van der Waals surface area contributed by atoms with Crippen molar-refractivity contribution in [2.24, 2.45) is 5.41 Å². The third-order valence-corrected chi connectivity index (χ3v) is 6.55. The highest BCUT2D eigenvalue weighted by Gasteiger charge is 2.31. The Morgan fingerprint density at radius 1 is 1.37 bits per heavy atom. The zero-order valence-corrected chi connectivity index (χ0v) is 14.1. The van der Waals surface area contributed by atoms with Crippen molar-refractivity contribution in [3.63, 3.8) is 0 Å². The molecular formula is C15H22BrNOS. The zero-order valence-electron chi connectivity index (χ0n) is 11.7. The largest absolute Gasteiger partial charge is 0.351 e. The van der Waals surface area contributed by atoms with E-state index >= 15 is 0 Å². The molecule has 1 amide bonds. The summed E-state index contributed by atoms with van der Waals surface area (Å²) in [5.74, 6) is 0.0899. The Morgan fingerprint density at radius 3 is 2.58 bits per heavy atom. The number of nitrogens with one attached hydrogen (secondary N) is 1. The number of amides is 1. The second-order valence-electron chi connectivity index (χ2n) is 5.73. The van der Waals surface area contributed by atoms with Crippen LogP contribution in [0.25, 0.3) is 0 Å². The number of halogens is 1. The molecular weight excluding hydrogens is 322 g/mol. The molecule has 1 aliphatic rings. The van der Waals surface area contributed by atoms with Crippen molar-refractivity contribution in [1.82, 2.24) is 5.32 Å². The van der Waals surface area contributed by atoms with Gasteiger partial charge in [0, 0.05) is 16.8 Å². The molecule has 1 aromatic heterocycles. The van der Waals surface area contributed by atoms with Gasteiger partial charge in [0.2, 0.25) is 0 Å². The molecule has 2 rings (SSSR count). The quantitative estimate of drug-likeness (QED) is 0.804. The summed E-state index contributed by atoms with van der Waals surface area (Å²) < 4.78 is 0. The molecule has 0 aromatic carbocycles. The second kappa shape index (κ2) is 6.40. The lowest BCUT2D eigenvalue weighted by atomic mass is 9.75. The minimum atomic E-state index is 0.0899. The standard InChI is InChI=1S/C15H22BrNOS/c1-11-8-13(19-12(11)2)14(18)17-10-15(9-16)6-4-3-5-7-15/h8H,3-7,9-10H2,1-2H3,(H,17,18). The van der Waals surface area contributed by atoms with Crippen molar-refractivity contribution in [2.45, 2.75) is 46.0 Å². The number of carbonyl (C=O) groups excluding carboxylic acids is 1. The maximum absolute atomic E-state index is 12.2. The van der Waals surface area contributed by atoms with Crippen LogP contribution in [0.2, 0.25) is 0 Å². The molecule has 1 aliphatic carbocycles. The topological polar surface area (TPSA) is 29.1 Å². The van der Waals surface area contributed by atoms with Crippen LogP contribution in [0.15, 0.2) is 6.07 Å². The van der Waals surface area contributed by atoms with Crippen LogP contribution in [0.5, 0.6) is 0 Å². The van der Waals surface area contributed by atoms with Gasteiger partial charge >= 0.3 is 0 Å². The van der Waals surface area contributed by atoms with Crippen LogP contribution >= 0.6 is 27.3 Å². The van der Waals surface area contributed by atoms with E-state index in [1.807, 2.05) is 6.07 Å². The van der Waals surface area contributed by atoms with E-state index in [0.717, 1.165) is 16.8 Å². The molecule has 19 heavy (non-hydrogen) atoms. The average molecular weight is 344 g/mol. The van der Waals surface area contributed by atoms with E-state index in [0.29, 0.717) is 0 Å². The van der Waals surface area contributed by atoms with Gasteiger partial charge in [-0.1, -0.05) is 35.2 Å². The van der Waals surface area contributed by atoms with Gasteiger partial charge in [-0.2, -0.15) is 0 Å². The van der Waals surface area contributed by atoms with Gasteiger partial charge in [-0.05, 0) is 43.7 Å². The number of hydrogen-bond donors (Lipinski definition) is 1. The fraction of sp³-hybridized carbons (Fsp3) is 0.667. The highest BCUT2D eigenvalue weighted by Crippen LogP contribution is 2.37. The normalized spacial score (nSPS) is 18.3. The Kier molecular flexibility index (Phi) is 5.07. The Morgan fingerprint density at radius 2 is 2.05 bits per heavy atom. The number of hydrogen-bond acceptors (Lipinski definition) is 2. The minimum absolute atomic E-state index is 0.0899. The molecule has 2 nitrogen and oxygen atoms in total. The maximum atomic E-state index is 12.2. The smallest absolute Gasteiger partial charge is 0.261 e. The lowest BCUT2D eigenvalue weighted by molar-refractivity contribution is 0.0926. The van der Waals surface area contributed by atoms with Gasteiger partial charge in [0.25, 0.3) is 5.91 Å². The van der Waals surface area contributed by atoms with Crippen LogP contribution in [-0.2, 0) is 0 Å². The van der Waals surface area contributed by atoms with Crippen LogP contribution in [0.4, 0.5) is 0 Å². The van der Waals surface area contributed by atoms with Gasteiger partial charge in [0.05, 0.1) is 4.88 Å². The maximum Gasteiger partial charge on any atom is 0.261 e. The molecule has 0 radical (unpaired) electrons. The van der Waals surface area contributed by atoms with Crippen molar-refractivity contribution in [1.29, 1.82) is 0 Å². The number of thiophene rings is 1. The molecule has 0 spiro atoms. The first-order chi connectivity index (χ1) is 9.06. The first kappa shape index (κ1) is 15.0. The van der Waals surface area contributed by atoms with Crippen LogP contribution in [0, 0.1) is 19.3 Å². The van der Waals surface area contributed by atoms with E-state index in [9.17, 15) is 4.79 Å². The van der Waals surface area contributed by atoms with Gasteiger partial charge < -0.3 is 5.32 Å². The van der Waals surface area contributed by atoms with Crippen molar-refractivity contribution < 1.29 is 4.79 Å². The predicted octanol–water partition coefficient (Wildman–Crippen LogP) is 4.44. The summed E-state index contributed by atoms with van der Waals surface area (Å²) in [5.41, 5.74) is 1.48. The monoisotopic (exact) mass is 343 g/mol. The summed E-state index contributed by atoms with van der Waals surface area (Å²) in [4.78, 5) is 14.3. The van der Waals surface area contributed by atoms with Crippen molar-refractivity contribution in [2.75, 3.05) is 11.9 Å². The first-order valence-corrected chi connectivity index (χ1v) is 8.91. The van der Waals surface area contributed by atoms with Gasteiger partial charge in [-0.3, -0.25) is 4.79 Å². The van der Waals surface area contributed by atoms with Gasteiger partial charge in [0.15, 0.2) is 0 Å².